The van der Waals surface area contributed by atoms with Gasteiger partial charge in [0.2, 0.25) is 0 Å². The number of likely N-dealkylation sites (tertiary alicyclic amines) is 1. The second kappa shape index (κ2) is 8.19. The summed E-state index contributed by atoms with van der Waals surface area (Å²) < 4.78 is 26.8. The number of nitrogens with one attached hydrogen (secondary N) is 2. The van der Waals surface area contributed by atoms with Gasteiger partial charge in [-0.05, 0) is 55.4 Å². The maximum Gasteiger partial charge on any atom is 0.321 e. The second-order valence-electron chi connectivity index (χ2n) is 7.65. The van der Waals surface area contributed by atoms with E-state index in [1.165, 1.54) is 12.1 Å². The lowest BCUT2D eigenvalue weighted by atomic mass is 9.90. The normalized spacial score (nSPS) is 16.5. The van der Waals surface area contributed by atoms with Crippen molar-refractivity contribution in [2.75, 3.05) is 18.4 Å². The molecule has 2 N–H and O–H groups in total. The molecule has 2 heterocycles. The number of carbonyl (C=O) groups is 2. The Morgan fingerprint density at radius 1 is 1.17 bits per heavy atom. The first-order valence-electron chi connectivity index (χ1n) is 9.91. The van der Waals surface area contributed by atoms with E-state index in [1.807, 2.05) is 0 Å². The van der Waals surface area contributed by atoms with Crippen molar-refractivity contribution in [3.8, 4) is 0 Å². The third kappa shape index (κ3) is 4.23. The summed E-state index contributed by atoms with van der Waals surface area (Å²) >= 11 is 0. The van der Waals surface area contributed by atoms with Crippen molar-refractivity contribution in [2.24, 2.45) is 5.92 Å². The smallest absolute Gasteiger partial charge is 0.321 e. The third-order valence-corrected chi connectivity index (χ3v) is 5.83. The van der Waals surface area contributed by atoms with Crippen molar-refractivity contribution in [1.82, 2.24) is 10.2 Å². The predicted octanol–water partition coefficient (Wildman–Crippen LogP) is 4.08. The average molecular weight is 399 g/mol. The highest BCUT2D eigenvalue weighted by molar-refractivity contribution is 6.01. The van der Waals surface area contributed by atoms with E-state index in [1.54, 1.807) is 23.1 Å². The van der Waals surface area contributed by atoms with Crippen molar-refractivity contribution >= 4 is 17.6 Å². The lowest BCUT2D eigenvalue weighted by molar-refractivity contribution is 0.0965. The molecule has 152 valence electrons. The molecule has 0 saturated carbocycles. The van der Waals surface area contributed by atoms with Crippen LogP contribution in [-0.4, -0.2) is 29.9 Å². The highest BCUT2D eigenvalue weighted by atomic mass is 19.1. The summed E-state index contributed by atoms with van der Waals surface area (Å²) in [4.78, 5) is 26.2. The summed E-state index contributed by atoms with van der Waals surface area (Å²) in [5.41, 5.74) is 2.63. The van der Waals surface area contributed by atoms with E-state index < -0.39 is 11.6 Å². The van der Waals surface area contributed by atoms with Gasteiger partial charge < -0.3 is 15.5 Å². The molecule has 7 heteroatoms. The van der Waals surface area contributed by atoms with Crippen molar-refractivity contribution in [1.29, 1.82) is 0 Å². The van der Waals surface area contributed by atoms with Gasteiger partial charge in [0, 0.05) is 42.5 Å². The van der Waals surface area contributed by atoms with Gasteiger partial charge in [0.1, 0.15) is 11.6 Å². The van der Waals surface area contributed by atoms with Crippen LogP contribution in [0.3, 0.4) is 0 Å². The van der Waals surface area contributed by atoms with Gasteiger partial charge in [-0.2, -0.15) is 0 Å². The summed E-state index contributed by atoms with van der Waals surface area (Å²) in [5, 5.41) is 5.69. The fourth-order valence-corrected chi connectivity index (χ4v) is 4.07. The van der Waals surface area contributed by atoms with Gasteiger partial charge in [0.25, 0.3) is 5.91 Å². The van der Waals surface area contributed by atoms with E-state index in [0.29, 0.717) is 48.8 Å². The van der Waals surface area contributed by atoms with Crippen LogP contribution in [0.25, 0.3) is 0 Å². The molecule has 29 heavy (non-hydrogen) atoms. The SMILES string of the molecule is O=C1NCc2c(NC(=O)N3CCC(CCc4ccc(F)cc4F)CC3)cccc21. The van der Waals surface area contributed by atoms with E-state index in [0.717, 1.165) is 30.9 Å². The Kier molecular flexibility index (Phi) is 5.47. The first-order valence-corrected chi connectivity index (χ1v) is 9.91. The highest BCUT2D eigenvalue weighted by Crippen LogP contribution is 2.26. The fourth-order valence-electron chi connectivity index (χ4n) is 4.07. The molecule has 0 radical (unpaired) electrons. The molecule has 2 aromatic rings. The Morgan fingerprint density at radius 3 is 2.72 bits per heavy atom. The lowest BCUT2D eigenvalue weighted by Gasteiger charge is -2.32. The van der Waals surface area contributed by atoms with Gasteiger partial charge in [-0.1, -0.05) is 12.1 Å². The number of rotatable bonds is 4. The topological polar surface area (TPSA) is 61.4 Å². The molecule has 2 aliphatic heterocycles. The van der Waals surface area contributed by atoms with E-state index in [4.69, 9.17) is 0 Å². The van der Waals surface area contributed by atoms with E-state index in [-0.39, 0.29) is 11.9 Å². The largest absolute Gasteiger partial charge is 0.348 e. The molecule has 4 rings (SSSR count). The van der Waals surface area contributed by atoms with Crippen LogP contribution in [0.15, 0.2) is 36.4 Å². The Hall–Kier alpha value is -2.96. The number of urea groups is 1. The van der Waals surface area contributed by atoms with Crippen molar-refractivity contribution in [2.45, 2.75) is 32.2 Å². The summed E-state index contributed by atoms with van der Waals surface area (Å²) in [6.45, 7) is 1.69. The number of amides is 3. The minimum absolute atomic E-state index is 0.116. The number of anilines is 1. The molecular weight excluding hydrogens is 376 g/mol. The Bertz CT molecular complexity index is 940. The molecule has 0 atom stereocenters. The zero-order valence-corrected chi connectivity index (χ0v) is 16.0. The van der Waals surface area contributed by atoms with E-state index in [2.05, 4.69) is 10.6 Å². The minimum atomic E-state index is -0.560. The number of piperidine rings is 1. The number of fused-ring (bicyclic) bond motifs is 1. The average Bonchev–Trinajstić information content (AvgIpc) is 3.10. The molecular formula is C22H23F2N3O2. The molecule has 0 aromatic heterocycles. The number of aryl methyl sites for hydroxylation is 1. The van der Waals surface area contributed by atoms with Crippen LogP contribution >= 0.6 is 0 Å². The van der Waals surface area contributed by atoms with Crippen LogP contribution in [0, 0.1) is 17.6 Å². The molecule has 0 spiro atoms. The predicted molar refractivity (Wildman–Crippen MR) is 106 cm³/mol. The Balaban J connectivity index is 1.28. The maximum absolute atomic E-state index is 13.8. The summed E-state index contributed by atoms with van der Waals surface area (Å²) in [5.74, 6) is -0.763. The standard InChI is InChI=1S/C22H23F2N3O2/c23-16-7-6-15(19(24)12-16)5-4-14-8-10-27(11-9-14)22(29)26-20-3-1-2-17-18(20)13-25-21(17)28/h1-3,6-7,12,14H,4-5,8-11,13H2,(H,25,28)(H,26,29). The van der Waals surface area contributed by atoms with Gasteiger partial charge in [-0.3, -0.25) is 4.79 Å². The fraction of sp³-hybridized carbons (Fsp3) is 0.364. The molecule has 2 aromatic carbocycles. The van der Waals surface area contributed by atoms with Crippen LogP contribution in [0.2, 0.25) is 0 Å². The highest BCUT2D eigenvalue weighted by Gasteiger charge is 2.26. The Morgan fingerprint density at radius 2 is 1.97 bits per heavy atom. The summed E-state index contributed by atoms with van der Waals surface area (Å²) in [6.07, 6.45) is 3.09. The number of hydrogen-bond acceptors (Lipinski definition) is 2. The molecule has 3 amide bonds. The summed E-state index contributed by atoms with van der Waals surface area (Å²) in [6, 6.07) is 8.87. The first-order chi connectivity index (χ1) is 14.0. The van der Waals surface area contributed by atoms with Crippen LogP contribution in [-0.2, 0) is 13.0 Å². The van der Waals surface area contributed by atoms with Gasteiger partial charge >= 0.3 is 6.03 Å². The van der Waals surface area contributed by atoms with Crippen LogP contribution in [0.1, 0.15) is 40.7 Å². The van der Waals surface area contributed by atoms with Gasteiger partial charge in [-0.15, -0.1) is 0 Å². The molecule has 5 nitrogen and oxygen atoms in total. The monoisotopic (exact) mass is 399 g/mol. The van der Waals surface area contributed by atoms with Crippen molar-refractivity contribution < 1.29 is 18.4 Å². The quantitative estimate of drug-likeness (QED) is 0.814. The molecule has 0 bridgehead atoms. The molecule has 1 saturated heterocycles. The zero-order chi connectivity index (χ0) is 20.4. The van der Waals surface area contributed by atoms with Crippen LogP contribution in [0.4, 0.5) is 19.3 Å². The van der Waals surface area contributed by atoms with Crippen molar-refractivity contribution in [3.05, 3.63) is 64.7 Å². The third-order valence-electron chi connectivity index (χ3n) is 5.83. The lowest BCUT2D eigenvalue weighted by Crippen LogP contribution is -2.41. The van der Waals surface area contributed by atoms with E-state index in [9.17, 15) is 18.4 Å². The maximum atomic E-state index is 13.8. The van der Waals surface area contributed by atoms with Gasteiger partial charge in [0.15, 0.2) is 0 Å². The van der Waals surface area contributed by atoms with Gasteiger partial charge in [-0.25, -0.2) is 13.6 Å². The number of halogens is 2. The Labute approximate surface area is 168 Å². The summed E-state index contributed by atoms with van der Waals surface area (Å²) in [7, 11) is 0. The van der Waals surface area contributed by atoms with E-state index >= 15 is 0 Å². The number of nitrogens with zero attached hydrogens (tertiary/aromatic N) is 1. The van der Waals surface area contributed by atoms with Gasteiger partial charge in [0.05, 0.1) is 0 Å². The molecule has 0 aliphatic carbocycles. The first kappa shape index (κ1) is 19.4. The molecule has 0 unspecified atom stereocenters. The van der Waals surface area contributed by atoms with Crippen molar-refractivity contribution in [3.63, 3.8) is 0 Å². The van der Waals surface area contributed by atoms with Crippen LogP contribution in [0.5, 0.6) is 0 Å². The van der Waals surface area contributed by atoms with Crippen LogP contribution < -0.4 is 10.6 Å². The number of hydrogen-bond donors (Lipinski definition) is 2. The number of carbonyl (C=O) groups excluding carboxylic acids is 2. The molecule has 2 aliphatic rings. The zero-order valence-electron chi connectivity index (χ0n) is 16.0. The molecule has 1 fully saturated rings. The minimum Gasteiger partial charge on any atom is -0.348 e. The second-order valence-corrected chi connectivity index (χ2v) is 7.65. The number of benzene rings is 2.